The first-order chi connectivity index (χ1) is 12.1. The van der Waals surface area contributed by atoms with Gasteiger partial charge in [-0.1, -0.05) is 36.5 Å². The van der Waals surface area contributed by atoms with Gasteiger partial charge in [0.15, 0.2) is 5.82 Å². The molecule has 0 heterocycles. The number of aliphatic imine (C=N–C) groups is 1. The summed E-state index contributed by atoms with van der Waals surface area (Å²) in [5.41, 5.74) is 4.50. The second-order valence-corrected chi connectivity index (χ2v) is 5.99. The van der Waals surface area contributed by atoms with Gasteiger partial charge >= 0.3 is 0 Å². The molecule has 0 aliphatic heterocycles. The minimum absolute atomic E-state index is 0.00768. The van der Waals surface area contributed by atoms with Gasteiger partial charge in [-0.05, 0) is 60.8 Å². The largest absolute Gasteiger partial charge is 0.206 e. The Kier molecular flexibility index (Phi) is 5.19. The van der Waals surface area contributed by atoms with E-state index >= 15 is 0 Å². The molecule has 0 unspecified atom stereocenters. The first-order valence-corrected chi connectivity index (χ1v) is 8.43. The third-order valence-corrected chi connectivity index (χ3v) is 4.31. The van der Waals surface area contributed by atoms with Crippen LogP contribution in [-0.2, 0) is 6.42 Å². The standard InChI is InChI=1S/C21H15F2NS/c1-2-14-3-6-17-10-15(4-7-16(17)9-14)5-8-18-11-20(23)21(24-13-25)12-19(18)22/h4,7,9-12H,2-3,6H2,1H3. The molecule has 0 saturated carbocycles. The van der Waals surface area contributed by atoms with E-state index in [-0.39, 0.29) is 11.3 Å². The van der Waals surface area contributed by atoms with Crippen LogP contribution in [0.3, 0.4) is 0 Å². The van der Waals surface area contributed by atoms with Crippen LogP contribution in [0.2, 0.25) is 0 Å². The molecule has 0 N–H and O–H groups in total. The fourth-order valence-corrected chi connectivity index (χ4v) is 2.91. The Morgan fingerprint density at radius 1 is 1.08 bits per heavy atom. The number of allylic oxidation sites excluding steroid dienone is 1. The Labute approximate surface area is 151 Å². The summed E-state index contributed by atoms with van der Waals surface area (Å²) >= 11 is 4.41. The van der Waals surface area contributed by atoms with E-state index in [1.54, 1.807) is 0 Å². The maximum absolute atomic E-state index is 14.0. The zero-order valence-electron chi connectivity index (χ0n) is 13.7. The molecule has 4 heteroatoms. The lowest BCUT2D eigenvalue weighted by atomic mass is 9.90. The zero-order chi connectivity index (χ0) is 17.8. The van der Waals surface area contributed by atoms with Crippen LogP contribution in [0.5, 0.6) is 0 Å². The van der Waals surface area contributed by atoms with Crippen LogP contribution in [-0.4, -0.2) is 5.16 Å². The Balaban J connectivity index is 1.91. The highest BCUT2D eigenvalue weighted by Crippen LogP contribution is 2.26. The van der Waals surface area contributed by atoms with Gasteiger partial charge in [0.05, 0.1) is 10.7 Å². The van der Waals surface area contributed by atoms with Gasteiger partial charge in [-0.25, -0.2) is 8.78 Å². The van der Waals surface area contributed by atoms with Crippen molar-refractivity contribution < 1.29 is 8.78 Å². The molecule has 1 aliphatic rings. The summed E-state index contributed by atoms with van der Waals surface area (Å²) < 4.78 is 27.8. The minimum Gasteiger partial charge on any atom is -0.206 e. The second kappa shape index (κ2) is 7.53. The Hall–Kier alpha value is -2.60. The highest BCUT2D eigenvalue weighted by atomic mass is 32.1. The summed E-state index contributed by atoms with van der Waals surface area (Å²) in [6.45, 7) is 2.16. The highest BCUT2D eigenvalue weighted by molar-refractivity contribution is 7.78. The normalized spacial score (nSPS) is 12.4. The van der Waals surface area contributed by atoms with E-state index in [2.05, 4.69) is 42.1 Å². The third kappa shape index (κ3) is 3.91. The molecule has 0 atom stereocenters. The van der Waals surface area contributed by atoms with Crippen LogP contribution in [0, 0.1) is 23.5 Å². The smallest absolute Gasteiger partial charge is 0.151 e. The molecule has 25 heavy (non-hydrogen) atoms. The number of aryl methyl sites for hydroxylation is 1. The van der Waals surface area contributed by atoms with E-state index in [4.69, 9.17) is 0 Å². The van der Waals surface area contributed by atoms with Gasteiger partial charge in [-0.3, -0.25) is 0 Å². The van der Waals surface area contributed by atoms with E-state index < -0.39 is 11.6 Å². The number of nitrogens with zero attached hydrogens (tertiary/aromatic N) is 1. The van der Waals surface area contributed by atoms with E-state index in [0.29, 0.717) is 0 Å². The molecule has 0 bridgehead atoms. The number of halogens is 2. The topological polar surface area (TPSA) is 12.4 Å². The molecule has 0 radical (unpaired) electrons. The first-order valence-electron chi connectivity index (χ1n) is 8.02. The molecule has 0 spiro atoms. The third-order valence-electron chi connectivity index (χ3n) is 4.22. The summed E-state index contributed by atoms with van der Waals surface area (Å²) in [6, 6.07) is 7.96. The van der Waals surface area contributed by atoms with E-state index in [0.717, 1.165) is 37.0 Å². The maximum Gasteiger partial charge on any atom is 0.151 e. The zero-order valence-corrected chi connectivity index (χ0v) is 14.5. The number of isothiocyanates is 1. The summed E-state index contributed by atoms with van der Waals surface area (Å²) in [4.78, 5) is 3.48. The van der Waals surface area contributed by atoms with Crippen LogP contribution in [0.1, 0.15) is 42.0 Å². The lowest BCUT2D eigenvalue weighted by Crippen LogP contribution is -1.99. The fraction of sp³-hybridized carbons (Fsp3) is 0.190. The molecule has 0 fully saturated rings. The lowest BCUT2D eigenvalue weighted by molar-refractivity contribution is 0.599. The van der Waals surface area contributed by atoms with Crippen LogP contribution >= 0.6 is 12.2 Å². The molecule has 1 nitrogen and oxygen atoms in total. The lowest BCUT2D eigenvalue weighted by Gasteiger charge is -2.15. The first kappa shape index (κ1) is 17.2. The maximum atomic E-state index is 14.0. The molecular formula is C21H15F2NS. The van der Waals surface area contributed by atoms with Gasteiger partial charge in [-0.2, -0.15) is 4.99 Å². The van der Waals surface area contributed by atoms with Crippen molar-refractivity contribution in [1.82, 2.24) is 0 Å². The number of hydrogen-bond donors (Lipinski definition) is 0. The second-order valence-electron chi connectivity index (χ2n) is 5.81. The van der Waals surface area contributed by atoms with Crippen molar-refractivity contribution in [2.24, 2.45) is 4.99 Å². The van der Waals surface area contributed by atoms with E-state index in [9.17, 15) is 8.78 Å². The van der Waals surface area contributed by atoms with E-state index in [1.807, 2.05) is 23.4 Å². The van der Waals surface area contributed by atoms with Crippen molar-refractivity contribution >= 4 is 29.1 Å². The van der Waals surface area contributed by atoms with Gasteiger partial charge in [0.1, 0.15) is 11.5 Å². The summed E-state index contributed by atoms with van der Waals surface area (Å²) in [5.74, 6) is 4.30. The summed E-state index contributed by atoms with van der Waals surface area (Å²) in [7, 11) is 0. The van der Waals surface area contributed by atoms with Gasteiger partial charge in [0.25, 0.3) is 0 Å². The molecule has 1 aliphatic carbocycles. The quantitative estimate of drug-likeness (QED) is 0.376. The van der Waals surface area contributed by atoms with Crippen molar-refractivity contribution in [3.05, 3.63) is 69.8 Å². The highest BCUT2D eigenvalue weighted by Gasteiger charge is 2.10. The van der Waals surface area contributed by atoms with Crippen molar-refractivity contribution in [3.8, 4) is 11.8 Å². The van der Waals surface area contributed by atoms with Gasteiger partial charge in [0, 0.05) is 11.6 Å². The Morgan fingerprint density at radius 2 is 1.92 bits per heavy atom. The van der Waals surface area contributed by atoms with Crippen LogP contribution < -0.4 is 0 Å². The van der Waals surface area contributed by atoms with Crippen molar-refractivity contribution in [1.29, 1.82) is 0 Å². The molecular weight excluding hydrogens is 336 g/mol. The van der Waals surface area contributed by atoms with Crippen LogP contribution in [0.25, 0.3) is 6.08 Å². The molecule has 124 valence electrons. The SMILES string of the molecule is CCC1=Cc2ccc(C#Cc3cc(F)c(N=C=S)cc3F)cc2CC1. The average Bonchev–Trinajstić information content (AvgIpc) is 2.63. The van der Waals surface area contributed by atoms with E-state index in [1.165, 1.54) is 16.7 Å². The van der Waals surface area contributed by atoms with Crippen molar-refractivity contribution in [2.75, 3.05) is 0 Å². The minimum atomic E-state index is -0.675. The monoisotopic (exact) mass is 351 g/mol. The number of hydrogen-bond acceptors (Lipinski definition) is 2. The van der Waals surface area contributed by atoms with Gasteiger partial charge < -0.3 is 0 Å². The molecule has 0 aromatic heterocycles. The molecule has 3 rings (SSSR count). The number of benzene rings is 2. The Morgan fingerprint density at radius 3 is 2.68 bits per heavy atom. The van der Waals surface area contributed by atoms with Gasteiger partial charge in [0.2, 0.25) is 0 Å². The van der Waals surface area contributed by atoms with Crippen molar-refractivity contribution in [3.63, 3.8) is 0 Å². The predicted octanol–water partition coefficient (Wildman–Crippen LogP) is 5.84. The molecule has 0 amide bonds. The average molecular weight is 351 g/mol. The molecule has 2 aromatic carbocycles. The Bertz CT molecular complexity index is 973. The number of fused-ring (bicyclic) bond motifs is 1. The fourth-order valence-electron chi connectivity index (χ4n) is 2.81. The molecule has 2 aromatic rings. The summed E-state index contributed by atoms with van der Waals surface area (Å²) in [5, 5.41) is 2.03. The molecule has 0 saturated heterocycles. The summed E-state index contributed by atoms with van der Waals surface area (Å²) in [6.07, 6.45) is 5.33. The van der Waals surface area contributed by atoms with Crippen molar-refractivity contribution in [2.45, 2.75) is 26.2 Å². The number of rotatable bonds is 2. The predicted molar refractivity (Wildman–Crippen MR) is 100 cm³/mol. The van der Waals surface area contributed by atoms with Crippen LogP contribution in [0.4, 0.5) is 14.5 Å². The van der Waals surface area contributed by atoms with Gasteiger partial charge in [-0.15, -0.1) is 0 Å². The van der Waals surface area contributed by atoms with Crippen LogP contribution in [0.15, 0.2) is 40.9 Å². The number of thiocarbonyl (C=S) groups is 1.